The van der Waals surface area contributed by atoms with Crippen molar-refractivity contribution in [2.24, 2.45) is 4.99 Å². The topological polar surface area (TPSA) is 48.7 Å². The van der Waals surface area contributed by atoms with E-state index in [9.17, 15) is 13.2 Å². The first kappa shape index (κ1) is 21.4. The minimum atomic E-state index is -4.19. The van der Waals surface area contributed by atoms with Crippen molar-refractivity contribution < 1.29 is 13.2 Å². The molecule has 2 heterocycles. The summed E-state index contributed by atoms with van der Waals surface area (Å²) in [6.45, 7) is 8.99. The molecule has 9 heteroatoms. The molecule has 0 spiro atoms. The van der Waals surface area contributed by atoms with Crippen LogP contribution in [-0.2, 0) is 6.54 Å². The number of fused-ring (bicyclic) bond motifs is 1. The van der Waals surface area contributed by atoms with Crippen LogP contribution in [0.4, 0.5) is 13.2 Å². The van der Waals surface area contributed by atoms with E-state index in [1.807, 2.05) is 43.0 Å². The quantitative estimate of drug-likeness (QED) is 0.608. The molecule has 0 saturated carbocycles. The number of nitrogens with one attached hydrogen (secondary N) is 1. The van der Waals surface area contributed by atoms with Crippen LogP contribution in [0.5, 0.6) is 0 Å². The Morgan fingerprint density at radius 2 is 1.90 bits per heavy atom. The number of alkyl halides is 3. The Hall–Kier alpha value is -2.29. The third kappa shape index (κ3) is 5.01. The lowest BCUT2D eigenvalue weighted by molar-refractivity contribution is -0.181. The molecule has 3 rings (SSSR count). The van der Waals surface area contributed by atoms with Crippen LogP contribution in [0.3, 0.4) is 0 Å². The number of aryl methyl sites for hydroxylation is 1. The lowest BCUT2D eigenvalue weighted by Crippen LogP contribution is -2.56. The molecular weight excluding hydrogens is 381 g/mol. The third-order valence-electron chi connectivity index (χ3n) is 5.40. The van der Waals surface area contributed by atoms with Crippen molar-refractivity contribution in [2.45, 2.75) is 39.5 Å². The molecule has 1 aliphatic rings. The predicted octanol–water partition coefficient (Wildman–Crippen LogP) is 2.88. The highest BCUT2D eigenvalue weighted by atomic mass is 19.4. The minimum absolute atomic E-state index is 0.371. The Balaban J connectivity index is 1.63. The SMILES string of the molecule is CCNC(=NCCn1c(C)nc2ccccc21)N1CCN(C(C)C(F)(F)F)CC1. The van der Waals surface area contributed by atoms with Crippen LogP contribution in [0.1, 0.15) is 19.7 Å². The number of hydrogen-bond acceptors (Lipinski definition) is 3. The van der Waals surface area contributed by atoms with Crippen LogP contribution < -0.4 is 5.32 Å². The predicted molar refractivity (Wildman–Crippen MR) is 109 cm³/mol. The summed E-state index contributed by atoms with van der Waals surface area (Å²) < 4.78 is 41.0. The highest BCUT2D eigenvalue weighted by Crippen LogP contribution is 2.25. The minimum Gasteiger partial charge on any atom is -0.357 e. The fourth-order valence-electron chi connectivity index (χ4n) is 3.69. The number of piperazine rings is 1. The van der Waals surface area contributed by atoms with Gasteiger partial charge in [-0.05, 0) is 32.9 Å². The molecule has 1 aliphatic heterocycles. The van der Waals surface area contributed by atoms with Gasteiger partial charge in [-0.25, -0.2) is 4.98 Å². The zero-order chi connectivity index (χ0) is 21.0. The van der Waals surface area contributed by atoms with Crippen molar-refractivity contribution in [3.63, 3.8) is 0 Å². The monoisotopic (exact) mass is 410 g/mol. The van der Waals surface area contributed by atoms with E-state index in [0.717, 1.165) is 22.8 Å². The van der Waals surface area contributed by atoms with E-state index in [-0.39, 0.29) is 0 Å². The summed E-state index contributed by atoms with van der Waals surface area (Å²) in [5.41, 5.74) is 2.05. The molecule has 0 amide bonds. The zero-order valence-corrected chi connectivity index (χ0v) is 17.2. The molecule has 0 radical (unpaired) electrons. The van der Waals surface area contributed by atoms with E-state index in [1.54, 1.807) is 0 Å². The van der Waals surface area contributed by atoms with Gasteiger partial charge in [0.2, 0.25) is 0 Å². The van der Waals surface area contributed by atoms with Crippen LogP contribution in [0.2, 0.25) is 0 Å². The van der Waals surface area contributed by atoms with Gasteiger partial charge >= 0.3 is 6.18 Å². The zero-order valence-electron chi connectivity index (χ0n) is 17.2. The molecule has 1 fully saturated rings. The van der Waals surface area contributed by atoms with Crippen molar-refractivity contribution in [2.75, 3.05) is 39.3 Å². The standard InChI is InChI=1S/C20H29F3N6/c1-4-24-19(28-13-11-27(12-14-28)15(2)20(21,22)23)25-9-10-29-16(3)26-17-7-5-6-8-18(17)29/h5-8,15H,4,9-14H2,1-3H3,(H,24,25). The van der Waals surface area contributed by atoms with E-state index in [1.165, 1.54) is 11.8 Å². The lowest BCUT2D eigenvalue weighted by Gasteiger charge is -2.39. The van der Waals surface area contributed by atoms with Gasteiger partial charge in [0.05, 0.1) is 17.6 Å². The maximum absolute atomic E-state index is 13.0. The summed E-state index contributed by atoms with van der Waals surface area (Å²) in [7, 11) is 0. The summed E-state index contributed by atoms with van der Waals surface area (Å²) in [5, 5.41) is 3.27. The molecular formula is C20H29F3N6. The highest BCUT2D eigenvalue weighted by molar-refractivity contribution is 5.80. The number of guanidine groups is 1. The molecule has 2 aromatic rings. The first-order valence-corrected chi connectivity index (χ1v) is 10.1. The number of para-hydroxylation sites is 2. The highest BCUT2D eigenvalue weighted by Gasteiger charge is 2.41. The van der Waals surface area contributed by atoms with Crippen molar-refractivity contribution in [1.29, 1.82) is 0 Å². The van der Waals surface area contributed by atoms with Gasteiger partial charge in [-0.15, -0.1) is 0 Å². The molecule has 0 aliphatic carbocycles. The maximum Gasteiger partial charge on any atom is 0.403 e. The Kier molecular flexibility index (Phi) is 6.66. The van der Waals surface area contributed by atoms with Crippen LogP contribution >= 0.6 is 0 Å². The smallest absolute Gasteiger partial charge is 0.357 e. The first-order chi connectivity index (χ1) is 13.8. The van der Waals surface area contributed by atoms with Crippen molar-refractivity contribution >= 4 is 17.0 Å². The second kappa shape index (κ2) is 9.02. The number of nitrogens with zero attached hydrogens (tertiary/aromatic N) is 5. The van der Waals surface area contributed by atoms with Gasteiger partial charge in [-0.2, -0.15) is 13.2 Å². The van der Waals surface area contributed by atoms with Gasteiger partial charge in [0.15, 0.2) is 5.96 Å². The van der Waals surface area contributed by atoms with Gasteiger partial charge in [0.1, 0.15) is 11.9 Å². The normalized spacial score (nSPS) is 17.7. The number of aromatic nitrogens is 2. The largest absolute Gasteiger partial charge is 0.403 e. The van der Waals surface area contributed by atoms with E-state index in [2.05, 4.69) is 14.9 Å². The Bertz CT molecular complexity index is 836. The van der Waals surface area contributed by atoms with Crippen LogP contribution in [0.25, 0.3) is 11.0 Å². The summed E-state index contributed by atoms with van der Waals surface area (Å²) in [4.78, 5) is 12.8. The number of halogens is 3. The average molecular weight is 410 g/mol. The molecule has 1 N–H and O–H groups in total. The molecule has 0 bridgehead atoms. The molecule has 1 aromatic heterocycles. The van der Waals surface area contributed by atoms with Gasteiger partial charge in [0.25, 0.3) is 0 Å². The van der Waals surface area contributed by atoms with Gasteiger partial charge in [-0.3, -0.25) is 9.89 Å². The molecule has 1 saturated heterocycles. The number of rotatable bonds is 5. The lowest BCUT2D eigenvalue weighted by atomic mass is 10.2. The van der Waals surface area contributed by atoms with E-state index in [4.69, 9.17) is 4.99 Å². The summed E-state index contributed by atoms with van der Waals surface area (Å²) >= 11 is 0. The molecule has 29 heavy (non-hydrogen) atoms. The first-order valence-electron chi connectivity index (χ1n) is 10.1. The van der Waals surface area contributed by atoms with Crippen LogP contribution in [-0.4, -0.2) is 76.8 Å². The summed E-state index contributed by atoms with van der Waals surface area (Å²) in [6.07, 6.45) is -4.19. The number of hydrogen-bond donors (Lipinski definition) is 1. The Morgan fingerprint density at radius 3 is 2.55 bits per heavy atom. The molecule has 1 aromatic carbocycles. The number of imidazole rings is 1. The summed E-state index contributed by atoms with van der Waals surface area (Å²) in [6, 6.07) is 6.59. The Labute approximate surface area is 169 Å². The van der Waals surface area contributed by atoms with Gasteiger partial charge < -0.3 is 14.8 Å². The number of benzene rings is 1. The molecule has 1 atom stereocenters. The fourth-order valence-corrected chi connectivity index (χ4v) is 3.69. The maximum atomic E-state index is 13.0. The number of aliphatic imine (C=N–C) groups is 1. The van der Waals surface area contributed by atoms with Gasteiger partial charge in [0, 0.05) is 39.3 Å². The van der Waals surface area contributed by atoms with E-state index >= 15 is 0 Å². The molecule has 1 unspecified atom stereocenters. The van der Waals surface area contributed by atoms with Crippen LogP contribution in [0, 0.1) is 6.92 Å². The fraction of sp³-hybridized carbons (Fsp3) is 0.600. The molecule has 6 nitrogen and oxygen atoms in total. The van der Waals surface area contributed by atoms with E-state index in [0.29, 0.717) is 45.8 Å². The van der Waals surface area contributed by atoms with Gasteiger partial charge in [-0.1, -0.05) is 12.1 Å². The van der Waals surface area contributed by atoms with Crippen molar-refractivity contribution in [1.82, 2.24) is 24.7 Å². The third-order valence-corrected chi connectivity index (χ3v) is 5.40. The van der Waals surface area contributed by atoms with Crippen molar-refractivity contribution in [3.8, 4) is 0 Å². The van der Waals surface area contributed by atoms with Crippen molar-refractivity contribution in [3.05, 3.63) is 30.1 Å². The summed E-state index contributed by atoms with van der Waals surface area (Å²) in [5.74, 6) is 1.70. The second-order valence-electron chi connectivity index (χ2n) is 7.28. The van der Waals surface area contributed by atoms with E-state index < -0.39 is 12.2 Å². The second-order valence-corrected chi connectivity index (χ2v) is 7.28. The average Bonchev–Trinajstić information content (AvgIpc) is 3.01. The Morgan fingerprint density at radius 1 is 1.21 bits per heavy atom. The van der Waals surface area contributed by atoms with Crippen LogP contribution in [0.15, 0.2) is 29.3 Å². The molecule has 160 valence electrons.